The smallest absolute Gasteiger partial charge is 0.238 e. The molecule has 27 heavy (non-hydrogen) atoms. The lowest BCUT2D eigenvalue weighted by Gasteiger charge is -2.30. The van der Waals surface area contributed by atoms with Gasteiger partial charge in [-0.05, 0) is 69.1 Å². The molecule has 1 aliphatic heterocycles. The maximum Gasteiger partial charge on any atom is 0.238 e. The number of benzene rings is 2. The summed E-state index contributed by atoms with van der Waals surface area (Å²) in [6.45, 7) is 6.47. The number of nitrogens with zero attached hydrogens (tertiary/aromatic N) is 2. The summed E-state index contributed by atoms with van der Waals surface area (Å²) in [5.74, 6) is 0.586. The zero-order chi connectivity index (χ0) is 18.8. The van der Waals surface area contributed by atoms with E-state index in [4.69, 9.17) is 4.98 Å². The number of anilines is 1. The van der Waals surface area contributed by atoms with Crippen molar-refractivity contribution in [1.82, 2.24) is 9.88 Å². The van der Waals surface area contributed by atoms with Gasteiger partial charge in [0.1, 0.15) is 0 Å². The molecular formula is C22H25N3OS. The summed E-state index contributed by atoms with van der Waals surface area (Å²) in [6.07, 6.45) is 2.13. The first-order valence-corrected chi connectivity index (χ1v) is 10.4. The lowest BCUT2D eigenvalue weighted by molar-refractivity contribution is -0.117. The summed E-state index contributed by atoms with van der Waals surface area (Å²) in [5, 5.41) is 4.31. The number of hydrogen-bond acceptors (Lipinski definition) is 4. The van der Waals surface area contributed by atoms with Crippen molar-refractivity contribution in [2.45, 2.75) is 32.6 Å². The minimum atomic E-state index is 0.0714. The van der Waals surface area contributed by atoms with Gasteiger partial charge in [0.2, 0.25) is 5.91 Å². The largest absolute Gasteiger partial charge is 0.325 e. The van der Waals surface area contributed by atoms with Crippen LogP contribution in [-0.4, -0.2) is 35.4 Å². The standard InChI is InChI=1S/C22H25N3OS/c1-15-6-5-8-18(16(15)2)23-21(26)14-25-12-10-17(11-13-25)22-24-19-7-3-4-9-20(19)27-22/h3-9,17H,10-14H2,1-2H3,(H,23,26). The van der Waals surface area contributed by atoms with Crippen LogP contribution in [0, 0.1) is 13.8 Å². The fourth-order valence-corrected chi connectivity index (χ4v) is 4.82. The molecule has 1 amide bonds. The zero-order valence-corrected chi connectivity index (χ0v) is 16.7. The monoisotopic (exact) mass is 379 g/mol. The van der Waals surface area contributed by atoms with E-state index in [2.05, 4.69) is 48.3 Å². The highest BCUT2D eigenvalue weighted by atomic mass is 32.1. The van der Waals surface area contributed by atoms with Gasteiger partial charge in [-0.25, -0.2) is 4.98 Å². The number of hydrogen-bond donors (Lipinski definition) is 1. The Morgan fingerprint density at radius 3 is 2.70 bits per heavy atom. The molecule has 0 spiro atoms. The van der Waals surface area contributed by atoms with E-state index < -0.39 is 0 Å². The van der Waals surface area contributed by atoms with Crippen molar-refractivity contribution in [2.75, 3.05) is 25.0 Å². The van der Waals surface area contributed by atoms with E-state index in [1.54, 1.807) is 0 Å². The van der Waals surface area contributed by atoms with Crippen LogP contribution >= 0.6 is 11.3 Å². The SMILES string of the molecule is Cc1cccc(NC(=O)CN2CCC(c3nc4ccccc4s3)CC2)c1C. The number of aromatic nitrogens is 1. The number of thiazole rings is 1. The Kier molecular flexibility index (Phi) is 5.23. The highest BCUT2D eigenvalue weighted by Crippen LogP contribution is 2.33. The quantitative estimate of drug-likeness (QED) is 0.713. The molecule has 1 saturated heterocycles. The van der Waals surface area contributed by atoms with Crippen molar-refractivity contribution >= 4 is 33.1 Å². The number of piperidine rings is 1. The molecule has 1 aromatic heterocycles. The Bertz CT molecular complexity index is 924. The average molecular weight is 380 g/mol. The molecule has 0 bridgehead atoms. The van der Waals surface area contributed by atoms with E-state index in [0.29, 0.717) is 12.5 Å². The summed E-state index contributed by atoms with van der Waals surface area (Å²) in [5.41, 5.74) is 4.36. The number of aryl methyl sites for hydroxylation is 1. The average Bonchev–Trinajstić information content (AvgIpc) is 3.10. The first-order valence-electron chi connectivity index (χ1n) is 9.54. The normalized spacial score (nSPS) is 15.9. The molecule has 0 atom stereocenters. The van der Waals surface area contributed by atoms with Gasteiger partial charge in [-0.1, -0.05) is 24.3 Å². The Balaban J connectivity index is 1.32. The second kappa shape index (κ2) is 7.79. The number of amides is 1. The maximum atomic E-state index is 12.5. The van der Waals surface area contributed by atoms with Crippen molar-refractivity contribution in [3.8, 4) is 0 Å². The number of rotatable bonds is 4. The van der Waals surface area contributed by atoms with Gasteiger partial charge in [0.05, 0.1) is 21.8 Å². The Morgan fingerprint density at radius 2 is 1.93 bits per heavy atom. The van der Waals surface area contributed by atoms with Gasteiger partial charge in [0, 0.05) is 11.6 Å². The third kappa shape index (κ3) is 4.04. The van der Waals surface area contributed by atoms with Crippen molar-refractivity contribution in [3.63, 3.8) is 0 Å². The van der Waals surface area contributed by atoms with Gasteiger partial charge in [0.15, 0.2) is 0 Å². The molecule has 2 aromatic carbocycles. The van der Waals surface area contributed by atoms with Crippen LogP contribution < -0.4 is 5.32 Å². The van der Waals surface area contributed by atoms with Crippen LogP contribution in [-0.2, 0) is 4.79 Å². The molecule has 5 heteroatoms. The summed E-state index contributed by atoms with van der Waals surface area (Å²) in [6, 6.07) is 14.4. The molecule has 1 fully saturated rings. The molecular weight excluding hydrogens is 354 g/mol. The molecule has 4 nitrogen and oxygen atoms in total. The van der Waals surface area contributed by atoms with Crippen LogP contribution in [0.15, 0.2) is 42.5 Å². The van der Waals surface area contributed by atoms with Crippen molar-refractivity contribution < 1.29 is 4.79 Å². The number of para-hydroxylation sites is 1. The minimum Gasteiger partial charge on any atom is -0.325 e. The zero-order valence-electron chi connectivity index (χ0n) is 15.9. The van der Waals surface area contributed by atoms with Gasteiger partial charge in [-0.2, -0.15) is 0 Å². The summed E-state index contributed by atoms with van der Waals surface area (Å²) in [4.78, 5) is 19.5. The van der Waals surface area contributed by atoms with E-state index >= 15 is 0 Å². The van der Waals surface area contributed by atoms with Crippen molar-refractivity contribution in [2.24, 2.45) is 0 Å². The predicted octanol–water partition coefficient (Wildman–Crippen LogP) is 4.73. The molecule has 1 N–H and O–H groups in total. The van der Waals surface area contributed by atoms with E-state index in [0.717, 1.165) is 42.7 Å². The molecule has 2 heterocycles. The fourth-order valence-electron chi connectivity index (χ4n) is 3.68. The number of fused-ring (bicyclic) bond motifs is 1. The van der Waals surface area contributed by atoms with Gasteiger partial charge < -0.3 is 5.32 Å². The molecule has 1 aliphatic rings. The Hall–Kier alpha value is -2.24. The molecule has 3 aromatic rings. The molecule has 0 unspecified atom stereocenters. The first-order chi connectivity index (χ1) is 13.1. The van der Waals surface area contributed by atoms with E-state index in [1.807, 2.05) is 29.5 Å². The van der Waals surface area contributed by atoms with Crippen molar-refractivity contribution in [3.05, 3.63) is 58.6 Å². The van der Waals surface area contributed by atoms with Crippen LogP contribution in [0.25, 0.3) is 10.2 Å². The van der Waals surface area contributed by atoms with Crippen LogP contribution in [0.4, 0.5) is 5.69 Å². The van der Waals surface area contributed by atoms with Crippen molar-refractivity contribution in [1.29, 1.82) is 0 Å². The van der Waals surface area contributed by atoms with E-state index in [1.165, 1.54) is 15.3 Å². The van der Waals surface area contributed by atoms with Gasteiger partial charge in [-0.3, -0.25) is 9.69 Å². The van der Waals surface area contributed by atoms with E-state index in [-0.39, 0.29) is 5.91 Å². The lowest BCUT2D eigenvalue weighted by Crippen LogP contribution is -2.38. The third-order valence-electron chi connectivity index (χ3n) is 5.49. The van der Waals surface area contributed by atoms with Gasteiger partial charge in [-0.15, -0.1) is 11.3 Å². The predicted molar refractivity (Wildman–Crippen MR) is 113 cm³/mol. The second-order valence-corrected chi connectivity index (χ2v) is 8.43. The summed E-state index contributed by atoms with van der Waals surface area (Å²) in [7, 11) is 0. The maximum absolute atomic E-state index is 12.5. The van der Waals surface area contributed by atoms with Gasteiger partial charge in [0.25, 0.3) is 0 Å². The van der Waals surface area contributed by atoms with Crippen LogP contribution in [0.5, 0.6) is 0 Å². The topological polar surface area (TPSA) is 45.2 Å². The highest BCUT2D eigenvalue weighted by molar-refractivity contribution is 7.18. The number of likely N-dealkylation sites (tertiary alicyclic amines) is 1. The van der Waals surface area contributed by atoms with Gasteiger partial charge >= 0.3 is 0 Å². The second-order valence-electron chi connectivity index (χ2n) is 7.37. The van der Waals surface area contributed by atoms with Crippen LogP contribution in [0.2, 0.25) is 0 Å². The molecule has 0 saturated carbocycles. The molecule has 0 radical (unpaired) electrons. The molecule has 140 valence electrons. The summed E-state index contributed by atoms with van der Waals surface area (Å²) >= 11 is 1.81. The number of carbonyl (C=O) groups is 1. The highest BCUT2D eigenvalue weighted by Gasteiger charge is 2.24. The Labute approximate surface area is 164 Å². The molecule has 0 aliphatic carbocycles. The number of nitrogens with one attached hydrogen (secondary N) is 1. The van der Waals surface area contributed by atoms with Crippen LogP contribution in [0.1, 0.15) is 34.9 Å². The molecule has 4 rings (SSSR count). The fraction of sp³-hybridized carbons (Fsp3) is 0.364. The Morgan fingerprint density at radius 1 is 1.15 bits per heavy atom. The first kappa shape index (κ1) is 18.1. The van der Waals surface area contributed by atoms with Crippen LogP contribution in [0.3, 0.4) is 0 Å². The number of carbonyl (C=O) groups excluding carboxylic acids is 1. The lowest BCUT2D eigenvalue weighted by atomic mass is 9.97. The third-order valence-corrected chi connectivity index (χ3v) is 6.69. The summed E-state index contributed by atoms with van der Waals surface area (Å²) < 4.78 is 1.27. The minimum absolute atomic E-state index is 0.0714. The van der Waals surface area contributed by atoms with E-state index in [9.17, 15) is 4.79 Å².